The van der Waals surface area contributed by atoms with E-state index in [1.165, 1.54) is 17.0 Å². The van der Waals surface area contributed by atoms with E-state index in [0.717, 1.165) is 12.1 Å². The fourth-order valence-corrected chi connectivity index (χ4v) is 2.32. The summed E-state index contributed by atoms with van der Waals surface area (Å²) in [5, 5.41) is 5.25. The number of anilines is 1. The standard InChI is InChI=1S/C14H16F3N3O3.ClH/c1-18-8-12(21)19-11-5-6-20(13(11)22)9-3-2-4-10(7-9)23-14(15,16)17;/h2-4,7,11,18H,5-6,8H2,1H3,(H,19,21);1H. The summed E-state index contributed by atoms with van der Waals surface area (Å²) in [6, 6.07) is 4.51. The molecule has 1 saturated heterocycles. The predicted octanol–water partition coefficient (Wildman–Crippen LogP) is 1.45. The Bertz CT molecular complexity index is 598. The van der Waals surface area contributed by atoms with Gasteiger partial charge < -0.3 is 20.3 Å². The minimum Gasteiger partial charge on any atom is -0.406 e. The maximum atomic E-state index is 12.3. The SMILES string of the molecule is CNCC(=O)NC1CCN(c2cccc(OC(F)(F)F)c2)C1=O.Cl. The molecule has 6 nitrogen and oxygen atoms in total. The highest BCUT2D eigenvalue weighted by atomic mass is 35.5. The molecule has 24 heavy (non-hydrogen) atoms. The Labute approximate surface area is 142 Å². The molecule has 1 heterocycles. The average molecular weight is 368 g/mol. The summed E-state index contributed by atoms with van der Waals surface area (Å²) < 4.78 is 40.6. The zero-order valence-corrected chi connectivity index (χ0v) is 13.5. The number of carbonyl (C=O) groups is 2. The van der Waals surface area contributed by atoms with E-state index < -0.39 is 18.2 Å². The van der Waals surface area contributed by atoms with Crippen molar-refractivity contribution in [3.8, 4) is 5.75 Å². The molecule has 0 aliphatic carbocycles. The fourth-order valence-electron chi connectivity index (χ4n) is 2.32. The van der Waals surface area contributed by atoms with Crippen molar-refractivity contribution in [1.82, 2.24) is 10.6 Å². The highest BCUT2D eigenvalue weighted by Gasteiger charge is 2.34. The molecule has 1 atom stereocenters. The van der Waals surface area contributed by atoms with E-state index >= 15 is 0 Å². The van der Waals surface area contributed by atoms with Crippen molar-refractivity contribution in [2.24, 2.45) is 0 Å². The number of amides is 2. The maximum absolute atomic E-state index is 12.3. The van der Waals surface area contributed by atoms with Gasteiger partial charge in [-0.15, -0.1) is 25.6 Å². The molecular formula is C14H17ClF3N3O3. The van der Waals surface area contributed by atoms with Crippen LogP contribution in [0.4, 0.5) is 18.9 Å². The molecule has 2 N–H and O–H groups in total. The van der Waals surface area contributed by atoms with Gasteiger partial charge in [0.1, 0.15) is 11.8 Å². The molecule has 0 bridgehead atoms. The Kier molecular flexibility index (Phi) is 6.85. The van der Waals surface area contributed by atoms with Crippen LogP contribution in [0.5, 0.6) is 5.75 Å². The lowest BCUT2D eigenvalue weighted by Crippen LogP contribution is -2.44. The number of halogens is 4. The van der Waals surface area contributed by atoms with Crippen molar-refractivity contribution in [1.29, 1.82) is 0 Å². The van der Waals surface area contributed by atoms with E-state index in [4.69, 9.17) is 0 Å². The number of carbonyl (C=O) groups excluding carboxylic acids is 2. The molecule has 1 aliphatic heterocycles. The molecule has 1 fully saturated rings. The van der Waals surface area contributed by atoms with E-state index in [1.54, 1.807) is 7.05 Å². The zero-order valence-electron chi connectivity index (χ0n) is 12.7. The molecule has 2 rings (SSSR count). The van der Waals surface area contributed by atoms with Gasteiger partial charge in [-0.25, -0.2) is 0 Å². The van der Waals surface area contributed by atoms with Crippen LogP contribution in [0.25, 0.3) is 0 Å². The molecule has 10 heteroatoms. The molecule has 2 amide bonds. The van der Waals surface area contributed by atoms with Crippen LogP contribution >= 0.6 is 12.4 Å². The summed E-state index contributed by atoms with van der Waals surface area (Å²) in [4.78, 5) is 25.1. The third-order valence-electron chi connectivity index (χ3n) is 3.24. The molecule has 134 valence electrons. The van der Waals surface area contributed by atoms with E-state index in [-0.39, 0.29) is 30.8 Å². The van der Waals surface area contributed by atoms with Gasteiger partial charge in [0.15, 0.2) is 0 Å². The summed E-state index contributed by atoms with van der Waals surface area (Å²) in [6.45, 7) is 0.386. The number of likely N-dealkylation sites (N-methyl/N-ethyl adjacent to an activating group) is 1. The van der Waals surface area contributed by atoms with Gasteiger partial charge in [0.05, 0.1) is 6.54 Å². The molecule has 1 aromatic rings. The molecule has 1 aromatic carbocycles. The van der Waals surface area contributed by atoms with Crippen LogP contribution in [0, 0.1) is 0 Å². The highest BCUT2D eigenvalue weighted by molar-refractivity contribution is 6.01. The number of nitrogens with one attached hydrogen (secondary N) is 2. The lowest BCUT2D eigenvalue weighted by Gasteiger charge is -2.18. The Balaban J connectivity index is 0.00000288. The topological polar surface area (TPSA) is 70.7 Å². The lowest BCUT2D eigenvalue weighted by atomic mass is 10.2. The highest BCUT2D eigenvalue weighted by Crippen LogP contribution is 2.29. The van der Waals surface area contributed by atoms with Gasteiger partial charge in [-0.3, -0.25) is 9.59 Å². The normalized spacial score (nSPS) is 17.4. The monoisotopic (exact) mass is 367 g/mol. The maximum Gasteiger partial charge on any atom is 0.573 e. The van der Waals surface area contributed by atoms with Crippen molar-refractivity contribution in [3.05, 3.63) is 24.3 Å². The second kappa shape index (κ2) is 8.20. The largest absolute Gasteiger partial charge is 0.573 e. The van der Waals surface area contributed by atoms with E-state index in [2.05, 4.69) is 15.4 Å². The van der Waals surface area contributed by atoms with Crippen molar-refractivity contribution >= 4 is 29.9 Å². The third kappa shape index (κ3) is 5.27. The first kappa shape index (κ1) is 20.0. The molecule has 0 spiro atoms. The van der Waals surface area contributed by atoms with Crippen molar-refractivity contribution in [3.63, 3.8) is 0 Å². The van der Waals surface area contributed by atoms with Crippen LogP contribution in [0.1, 0.15) is 6.42 Å². The second-order valence-corrected chi connectivity index (χ2v) is 4.97. The van der Waals surface area contributed by atoms with Crippen LogP contribution in [-0.2, 0) is 9.59 Å². The number of rotatable bonds is 5. The van der Waals surface area contributed by atoms with Gasteiger partial charge in [-0.2, -0.15) is 0 Å². The van der Waals surface area contributed by atoms with E-state index in [9.17, 15) is 22.8 Å². The van der Waals surface area contributed by atoms with Crippen LogP contribution in [-0.4, -0.2) is 44.4 Å². The van der Waals surface area contributed by atoms with Gasteiger partial charge >= 0.3 is 6.36 Å². The third-order valence-corrected chi connectivity index (χ3v) is 3.24. The molecule has 0 radical (unpaired) electrons. The van der Waals surface area contributed by atoms with Crippen LogP contribution in [0.2, 0.25) is 0 Å². The first-order chi connectivity index (χ1) is 10.8. The first-order valence-electron chi connectivity index (χ1n) is 6.91. The smallest absolute Gasteiger partial charge is 0.406 e. The summed E-state index contributed by atoms with van der Waals surface area (Å²) >= 11 is 0. The number of nitrogens with zero attached hydrogens (tertiary/aromatic N) is 1. The Hall–Kier alpha value is -2.00. The van der Waals surface area contributed by atoms with Crippen molar-refractivity contribution in [2.75, 3.05) is 25.0 Å². The van der Waals surface area contributed by atoms with Crippen LogP contribution in [0.15, 0.2) is 24.3 Å². The first-order valence-corrected chi connectivity index (χ1v) is 6.91. The predicted molar refractivity (Wildman–Crippen MR) is 83.2 cm³/mol. The van der Waals surface area contributed by atoms with Crippen LogP contribution in [0.3, 0.4) is 0 Å². The minimum atomic E-state index is -4.79. The molecule has 1 aliphatic rings. The lowest BCUT2D eigenvalue weighted by molar-refractivity contribution is -0.274. The number of hydrogen-bond acceptors (Lipinski definition) is 4. The van der Waals surface area contributed by atoms with Crippen molar-refractivity contribution < 1.29 is 27.5 Å². The van der Waals surface area contributed by atoms with Gasteiger partial charge in [0, 0.05) is 18.3 Å². The Morgan fingerprint density at radius 3 is 2.75 bits per heavy atom. The summed E-state index contributed by atoms with van der Waals surface area (Å²) in [6.07, 6.45) is -4.41. The summed E-state index contributed by atoms with van der Waals surface area (Å²) in [5.41, 5.74) is 0.294. The molecule has 0 saturated carbocycles. The number of ether oxygens (including phenoxy) is 1. The number of alkyl halides is 3. The minimum absolute atomic E-state index is 0. The zero-order chi connectivity index (χ0) is 17.0. The Morgan fingerprint density at radius 2 is 2.12 bits per heavy atom. The number of benzene rings is 1. The van der Waals surface area contributed by atoms with E-state index in [1.807, 2.05) is 0 Å². The quantitative estimate of drug-likeness (QED) is 0.826. The van der Waals surface area contributed by atoms with Gasteiger partial charge in [-0.1, -0.05) is 6.07 Å². The molecule has 0 aromatic heterocycles. The van der Waals surface area contributed by atoms with Gasteiger partial charge in [0.25, 0.3) is 0 Å². The summed E-state index contributed by atoms with van der Waals surface area (Å²) in [5.74, 6) is -1.08. The van der Waals surface area contributed by atoms with Crippen LogP contribution < -0.4 is 20.3 Å². The summed E-state index contributed by atoms with van der Waals surface area (Å²) in [7, 11) is 1.61. The van der Waals surface area contributed by atoms with Crippen molar-refractivity contribution in [2.45, 2.75) is 18.8 Å². The Morgan fingerprint density at radius 1 is 1.42 bits per heavy atom. The average Bonchev–Trinajstić information content (AvgIpc) is 2.79. The molecular weight excluding hydrogens is 351 g/mol. The van der Waals surface area contributed by atoms with E-state index in [0.29, 0.717) is 18.7 Å². The second-order valence-electron chi connectivity index (χ2n) is 4.97. The van der Waals surface area contributed by atoms with Gasteiger partial charge in [-0.05, 0) is 25.6 Å². The van der Waals surface area contributed by atoms with Gasteiger partial charge in [0.2, 0.25) is 11.8 Å². The fraction of sp³-hybridized carbons (Fsp3) is 0.429. The molecule has 1 unspecified atom stereocenters. The number of hydrogen-bond donors (Lipinski definition) is 2.